The van der Waals surface area contributed by atoms with E-state index in [1.54, 1.807) is 40.8 Å². The first-order chi connectivity index (χ1) is 13.2. The van der Waals surface area contributed by atoms with Gasteiger partial charge >= 0.3 is 0 Å². The van der Waals surface area contributed by atoms with Gasteiger partial charge in [-0.15, -0.1) is 0 Å². The molecule has 1 aliphatic rings. The standard InChI is InChI=1S/C19H20ClN3O3S/c20-14-3-4-16-17(12-14)21-19(27-11-7-22-5-9-25-10-6-22)23(18(16)24)13-15-2-1-8-26-15/h1-4,8,12H,5-7,9-11,13H2. The summed E-state index contributed by atoms with van der Waals surface area (Å²) in [6, 6.07) is 8.87. The number of ether oxygens (including phenoxy) is 1. The Morgan fingerprint density at radius 1 is 1.22 bits per heavy atom. The van der Waals surface area contributed by atoms with Gasteiger partial charge < -0.3 is 9.15 Å². The second kappa shape index (κ2) is 8.48. The summed E-state index contributed by atoms with van der Waals surface area (Å²) in [6.07, 6.45) is 1.61. The van der Waals surface area contributed by atoms with Gasteiger partial charge in [0.05, 0.1) is 36.9 Å². The van der Waals surface area contributed by atoms with Gasteiger partial charge in [-0.25, -0.2) is 4.98 Å². The van der Waals surface area contributed by atoms with Crippen LogP contribution in [-0.4, -0.2) is 53.1 Å². The molecule has 1 aliphatic heterocycles. The third-order valence-electron chi connectivity index (χ3n) is 4.52. The van der Waals surface area contributed by atoms with Crippen LogP contribution in [0.1, 0.15) is 5.76 Å². The largest absolute Gasteiger partial charge is 0.467 e. The van der Waals surface area contributed by atoms with E-state index in [2.05, 4.69) is 4.90 Å². The molecule has 2 aromatic heterocycles. The highest BCUT2D eigenvalue weighted by Crippen LogP contribution is 2.21. The first-order valence-electron chi connectivity index (χ1n) is 8.86. The predicted molar refractivity (Wildman–Crippen MR) is 107 cm³/mol. The molecule has 0 saturated carbocycles. The van der Waals surface area contributed by atoms with Crippen LogP contribution in [0.25, 0.3) is 10.9 Å². The van der Waals surface area contributed by atoms with E-state index >= 15 is 0 Å². The Bertz CT molecular complexity index is 968. The lowest BCUT2D eigenvalue weighted by atomic mass is 10.2. The van der Waals surface area contributed by atoms with E-state index in [1.807, 2.05) is 12.1 Å². The topological polar surface area (TPSA) is 60.5 Å². The van der Waals surface area contributed by atoms with Gasteiger partial charge in [-0.1, -0.05) is 23.4 Å². The maximum Gasteiger partial charge on any atom is 0.262 e. The highest BCUT2D eigenvalue weighted by atomic mass is 35.5. The molecule has 4 rings (SSSR count). The first-order valence-corrected chi connectivity index (χ1v) is 10.2. The number of furan rings is 1. The lowest BCUT2D eigenvalue weighted by Crippen LogP contribution is -2.37. The van der Waals surface area contributed by atoms with E-state index in [-0.39, 0.29) is 5.56 Å². The molecule has 0 bridgehead atoms. The number of thioether (sulfide) groups is 1. The number of morpholine rings is 1. The molecule has 0 amide bonds. The number of hydrogen-bond acceptors (Lipinski definition) is 6. The van der Waals surface area contributed by atoms with Gasteiger partial charge in [0, 0.05) is 30.4 Å². The third kappa shape index (κ3) is 4.38. The molecule has 0 aliphatic carbocycles. The summed E-state index contributed by atoms with van der Waals surface area (Å²) in [5.74, 6) is 1.57. The predicted octanol–water partition coefficient (Wildman–Crippen LogP) is 3.12. The molecule has 8 heteroatoms. The molecule has 142 valence electrons. The molecule has 3 heterocycles. The van der Waals surface area contributed by atoms with Crippen molar-refractivity contribution in [2.45, 2.75) is 11.7 Å². The van der Waals surface area contributed by atoms with Crippen LogP contribution in [0.15, 0.2) is 51.0 Å². The van der Waals surface area contributed by atoms with Crippen molar-refractivity contribution in [1.82, 2.24) is 14.5 Å². The van der Waals surface area contributed by atoms with Gasteiger partial charge in [-0.2, -0.15) is 0 Å². The maximum atomic E-state index is 13.0. The van der Waals surface area contributed by atoms with Crippen molar-refractivity contribution in [2.24, 2.45) is 0 Å². The summed E-state index contributed by atoms with van der Waals surface area (Å²) in [5.41, 5.74) is 0.541. The number of aromatic nitrogens is 2. The van der Waals surface area contributed by atoms with Crippen molar-refractivity contribution < 1.29 is 9.15 Å². The Hall–Kier alpha value is -1.80. The van der Waals surface area contributed by atoms with Crippen LogP contribution >= 0.6 is 23.4 Å². The van der Waals surface area contributed by atoms with Crippen molar-refractivity contribution >= 4 is 34.3 Å². The van der Waals surface area contributed by atoms with Gasteiger partial charge in [0.2, 0.25) is 0 Å². The zero-order chi connectivity index (χ0) is 18.6. The average molecular weight is 406 g/mol. The van der Waals surface area contributed by atoms with Gasteiger partial charge in [-0.3, -0.25) is 14.3 Å². The van der Waals surface area contributed by atoms with Crippen molar-refractivity contribution in [3.05, 3.63) is 57.7 Å². The van der Waals surface area contributed by atoms with Crippen molar-refractivity contribution in [3.63, 3.8) is 0 Å². The summed E-state index contributed by atoms with van der Waals surface area (Å²) in [5, 5.41) is 1.81. The molecule has 27 heavy (non-hydrogen) atoms. The van der Waals surface area contributed by atoms with Crippen molar-refractivity contribution in [1.29, 1.82) is 0 Å². The Kier molecular flexibility index (Phi) is 5.83. The average Bonchev–Trinajstić information content (AvgIpc) is 3.18. The molecule has 0 unspecified atom stereocenters. The molecular weight excluding hydrogens is 386 g/mol. The Morgan fingerprint density at radius 3 is 2.85 bits per heavy atom. The van der Waals surface area contributed by atoms with Gasteiger partial charge in [0.15, 0.2) is 5.16 Å². The van der Waals surface area contributed by atoms with E-state index in [1.165, 1.54) is 0 Å². The number of fused-ring (bicyclic) bond motifs is 1. The van der Waals surface area contributed by atoms with Crippen LogP contribution < -0.4 is 5.56 Å². The number of hydrogen-bond donors (Lipinski definition) is 0. The molecule has 3 aromatic rings. The summed E-state index contributed by atoms with van der Waals surface area (Å²) in [7, 11) is 0. The van der Waals surface area contributed by atoms with Gasteiger partial charge in [0.1, 0.15) is 5.76 Å². The van der Waals surface area contributed by atoms with Crippen LogP contribution in [0.4, 0.5) is 0 Å². The number of nitrogens with zero attached hydrogens (tertiary/aromatic N) is 3. The fraction of sp³-hybridized carbons (Fsp3) is 0.368. The lowest BCUT2D eigenvalue weighted by molar-refractivity contribution is 0.0410. The minimum atomic E-state index is -0.0815. The van der Waals surface area contributed by atoms with Crippen LogP contribution in [0, 0.1) is 0 Å². The molecule has 1 fully saturated rings. The second-order valence-electron chi connectivity index (χ2n) is 6.33. The normalized spacial score (nSPS) is 15.4. The highest BCUT2D eigenvalue weighted by Gasteiger charge is 2.15. The maximum absolute atomic E-state index is 13.0. The number of benzene rings is 1. The zero-order valence-electron chi connectivity index (χ0n) is 14.8. The Labute approximate surface area is 166 Å². The van der Waals surface area contributed by atoms with E-state index in [0.717, 1.165) is 44.4 Å². The van der Waals surface area contributed by atoms with E-state index in [0.29, 0.717) is 27.6 Å². The van der Waals surface area contributed by atoms with Gasteiger partial charge in [-0.05, 0) is 30.3 Å². The molecule has 1 saturated heterocycles. The van der Waals surface area contributed by atoms with Crippen LogP contribution in [0.5, 0.6) is 0 Å². The van der Waals surface area contributed by atoms with E-state index < -0.39 is 0 Å². The Morgan fingerprint density at radius 2 is 2.07 bits per heavy atom. The third-order valence-corrected chi connectivity index (χ3v) is 5.71. The summed E-state index contributed by atoms with van der Waals surface area (Å²) >= 11 is 7.68. The van der Waals surface area contributed by atoms with Crippen LogP contribution in [0.2, 0.25) is 5.02 Å². The minimum absolute atomic E-state index is 0.0815. The van der Waals surface area contributed by atoms with Crippen LogP contribution in [0.3, 0.4) is 0 Å². The molecule has 0 spiro atoms. The smallest absolute Gasteiger partial charge is 0.262 e. The zero-order valence-corrected chi connectivity index (χ0v) is 16.3. The first kappa shape index (κ1) is 18.6. The summed E-state index contributed by atoms with van der Waals surface area (Å²) in [4.78, 5) is 20.1. The number of halogens is 1. The molecule has 0 N–H and O–H groups in total. The SMILES string of the molecule is O=c1c2ccc(Cl)cc2nc(SCCN2CCOCC2)n1Cc1ccco1. The second-order valence-corrected chi connectivity index (χ2v) is 7.83. The Balaban J connectivity index is 1.62. The molecule has 0 radical (unpaired) electrons. The molecule has 6 nitrogen and oxygen atoms in total. The molecule has 0 atom stereocenters. The summed E-state index contributed by atoms with van der Waals surface area (Å²) < 4.78 is 12.5. The fourth-order valence-electron chi connectivity index (χ4n) is 3.07. The van der Waals surface area contributed by atoms with Gasteiger partial charge in [0.25, 0.3) is 5.56 Å². The van der Waals surface area contributed by atoms with Crippen LogP contribution in [-0.2, 0) is 11.3 Å². The molecule has 1 aromatic carbocycles. The van der Waals surface area contributed by atoms with E-state index in [9.17, 15) is 4.79 Å². The lowest BCUT2D eigenvalue weighted by Gasteiger charge is -2.26. The summed E-state index contributed by atoms with van der Waals surface area (Å²) in [6.45, 7) is 4.73. The van der Waals surface area contributed by atoms with Crippen molar-refractivity contribution in [3.8, 4) is 0 Å². The monoisotopic (exact) mass is 405 g/mol. The highest BCUT2D eigenvalue weighted by molar-refractivity contribution is 7.99. The van der Waals surface area contributed by atoms with Crippen molar-refractivity contribution in [2.75, 3.05) is 38.6 Å². The number of rotatable bonds is 6. The molecular formula is C19H20ClN3O3S. The minimum Gasteiger partial charge on any atom is -0.467 e. The quantitative estimate of drug-likeness (QED) is 0.464. The van der Waals surface area contributed by atoms with E-state index in [4.69, 9.17) is 25.7 Å². The fourth-order valence-corrected chi connectivity index (χ4v) is 4.24.